The van der Waals surface area contributed by atoms with Gasteiger partial charge in [-0.15, -0.1) is 0 Å². The molecule has 120 valence electrons. The molecule has 0 bridgehead atoms. The van der Waals surface area contributed by atoms with Crippen LogP contribution in [0, 0.1) is 0 Å². The fourth-order valence-electron chi connectivity index (χ4n) is 2.96. The van der Waals surface area contributed by atoms with Crippen molar-refractivity contribution in [1.29, 1.82) is 0 Å². The lowest BCUT2D eigenvalue weighted by atomic mass is 10.2. The summed E-state index contributed by atoms with van der Waals surface area (Å²) in [5.74, 6) is 0.00923. The van der Waals surface area contributed by atoms with E-state index in [1.807, 2.05) is 23.1 Å². The van der Waals surface area contributed by atoms with Gasteiger partial charge in [0.1, 0.15) is 0 Å². The zero-order valence-electron chi connectivity index (χ0n) is 13.0. The van der Waals surface area contributed by atoms with Crippen molar-refractivity contribution in [2.24, 2.45) is 0 Å². The SMILES string of the molecule is CC(=O)N(CCC(=O)NCc1ccccc1Cl)C1CCCC1. The second-order valence-electron chi connectivity index (χ2n) is 5.77. The van der Waals surface area contributed by atoms with Gasteiger partial charge in [-0.25, -0.2) is 0 Å². The molecule has 1 fully saturated rings. The lowest BCUT2D eigenvalue weighted by Crippen LogP contribution is -2.39. The third-order valence-electron chi connectivity index (χ3n) is 4.18. The summed E-state index contributed by atoms with van der Waals surface area (Å²) in [4.78, 5) is 25.6. The van der Waals surface area contributed by atoms with Crippen LogP contribution in [0.4, 0.5) is 0 Å². The lowest BCUT2D eigenvalue weighted by Gasteiger charge is -2.27. The minimum absolute atomic E-state index is 0.0517. The molecule has 2 amide bonds. The molecule has 1 aliphatic rings. The van der Waals surface area contributed by atoms with E-state index < -0.39 is 0 Å². The summed E-state index contributed by atoms with van der Waals surface area (Å²) < 4.78 is 0. The Balaban J connectivity index is 1.78. The molecule has 2 rings (SSSR count). The maximum atomic E-state index is 12.0. The average molecular weight is 323 g/mol. The number of amides is 2. The summed E-state index contributed by atoms with van der Waals surface area (Å²) in [5, 5.41) is 3.52. The molecule has 0 saturated heterocycles. The van der Waals surface area contributed by atoms with E-state index in [9.17, 15) is 9.59 Å². The molecule has 1 aliphatic carbocycles. The summed E-state index contributed by atoms with van der Waals surface area (Å²) in [6, 6.07) is 7.77. The Kier molecular flexibility index (Phi) is 6.25. The fourth-order valence-corrected chi connectivity index (χ4v) is 3.16. The Labute approximate surface area is 136 Å². The van der Waals surface area contributed by atoms with Crippen LogP contribution in [0.25, 0.3) is 0 Å². The maximum Gasteiger partial charge on any atom is 0.222 e. The first-order valence-corrected chi connectivity index (χ1v) is 8.23. The van der Waals surface area contributed by atoms with Gasteiger partial charge in [0.25, 0.3) is 0 Å². The van der Waals surface area contributed by atoms with E-state index in [1.54, 1.807) is 13.0 Å². The summed E-state index contributed by atoms with van der Waals surface area (Å²) in [6.07, 6.45) is 4.79. The zero-order valence-corrected chi connectivity index (χ0v) is 13.7. The first kappa shape index (κ1) is 16.8. The van der Waals surface area contributed by atoms with Gasteiger partial charge in [0.15, 0.2) is 0 Å². The third-order valence-corrected chi connectivity index (χ3v) is 4.55. The highest BCUT2D eigenvalue weighted by molar-refractivity contribution is 6.31. The highest BCUT2D eigenvalue weighted by atomic mass is 35.5. The summed E-state index contributed by atoms with van der Waals surface area (Å²) in [6.45, 7) is 2.50. The molecular weight excluding hydrogens is 300 g/mol. The Bertz CT molecular complexity index is 527. The molecule has 1 N–H and O–H groups in total. The van der Waals surface area contributed by atoms with Crippen molar-refractivity contribution in [3.63, 3.8) is 0 Å². The van der Waals surface area contributed by atoms with Crippen molar-refractivity contribution in [2.45, 2.75) is 51.6 Å². The molecule has 1 aromatic rings. The quantitative estimate of drug-likeness (QED) is 0.874. The van der Waals surface area contributed by atoms with E-state index in [2.05, 4.69) is 5.32 Å². The second kappa shape index (κ2) is 8.18. The molecule has 0 atom stereocenters. The number of halogens is 1. The first-order chi connectivity index (χ1) is 10.6. The molecule has 0 unspecified atom stereocenters. The summed E-state index contributed by atoms with van der Waals surface area (Å²) >= 11 is 6.06. The molecule has 22 heavy (non-hydrogen) atoms. The number of hydrogen-bond acceptors (Lipinski definition) is 2. The predicted molar refractivity (Wildman–Crippen MR) is 87.6 cm³/mol. The van der Waals surface area contributed by atoms with Crippen molar-refractivity contribution in [2.75, 3.05) is 6.54 Å². The van der Waals surface area contributed by atoms with Gasteiger partial charge in [-0.05, 0) is 24.5 Å². The number of carbonyl (C=O) groups is 2. The normalized spacial score (nSPS) is 14.8. The first-order valence-electron chi connectivity index (χ1n) is 7.85. The van der Waals surface area contributed by atoms with Crippen molar-refractivity contribution >= 4 is 23.4 Å². The lowest BCUT2D eigenvalue weighted by molar-refractivity contribution is -0.131. The van der Waals surface area contributed by atoms with Crippen molar-refractivity contribution in [1.82, 2.24) is 10.2 Å². The van der Waals surface area contributed by atoms with E-state index in [0.717, 1.165) is 18.4 Å². The highest BCUT2D eigenvalue weighted by Gasteiger charge is 2.24. The number of nitrogens with zero attached hydrogens (tertiary/aromatic N) is 1. The van der Waals surface area contributed by atoms with Crippen LogP contribution in [0.15, 0.2) is 24.3 Å². The summed E-state index contributed by atoms with van der Waals surface area (Å²) in [5.41, 5.74) is 0.900. The van der Waals surface area contributed by atoms with Crippen molar-refractivity contribution in [3.8, 4) is 0 Å². The molecule has 0 aromatic heterocycles. The number of nitrogens with one attached hydrogen (secondary N) is 1. The van der Waals surface area contributed by atoms with Crippen LogP contribution in [0.2, 0.25) is 5.02 Å². The van der Waals surface area contributed by atoms with Crippen LogP contribution in [-0.2, 0) is 16.1 Å². The third kappa shape index (κ3) is 4.73. The molecule has 0 heterocycles. The maximum absolute atomic E-state index is 12.0. The van der Waals surface area contributed by atoms with E-state index in [1.165, 1.54) is 12.8 Å². The van der Waals surface area contributed by atoms with Gasteiger partial charge >= 0.3 is 0 Å². The average Bonchev–Trinajstić information content (AvgIpc) is 3.00. The highest BCUT2D eigenvalue weighted by Crippen LogP contribution is 2.23. The Hall–Kier alpha value is -1.55. The van der Waals surface area contributed by atoms with E-state index in [-0.39, 0.29) is 11.8 Å². The minimum atomic E-state index is -0.0517. The molecule has 5 heteroatoms. The standard InChI is InChI=1S/C17H23ClN2O2/c1-13(21)20(15-7-3-4-8-15)11-10-17(22)19-12-14-6-2-5-9-16(14)18/h2,5-6,9,15H,3-4,7-8,10-12H2,1H3,(H,19,22). The fraction of sp³-hybridized carbons (Fsp3) is 0.529. The van der Waals surface area contributed by atoms with Gasteiger partial charge < -0.3 is 10.2 Å². The second-order valence-corrected chi connectivity index (χ2v) is 6.18. The van der Waals surface area contributed by atoms with Crippen LogP contribution >= 0.6 is 11.6 Å². The summed E-state index contributed by atoms with van der Waals surface area (Å²) in [7, 11) is 0. The van der Waals surface area contributed by atoms with Gasteiger partial charge in [0.2, 0.25) is 11.8 Å². The van der Waals surface area contributed by atoms with Gasteiger partial charge in [0.05, 0.1) is 0 Å². The zero-order chi connectivity index (χ0) is 15.9. The molecule has 0 aliphatic heterocycles. The van der Waals surface area contributed by atoms with E-state index in [4.69, 9.17) is 11.6 Å². The Morgan fingerprint density at radius 2 is 1.95 bits per heavy atom. The van der Waals surface area contributed by atoms with Gasteiger partial charge in [-0.1, -0.05) is 42.6 Å². The number of benzene rings is 1. The van der Waals surface area contributed by atoms with Crippen LogP contribution in [0.3, 0.4) is 0 Å². The van der Waals surface area contributed by atoms with Crippen molar-refractivity contribution < 1.29 is 9.59 Å². The molecule has 1 saturated carbocycles. The van der Waals surface area contributed by atoms with Gasteiger partial charge in [0, 0.05) is 37.5 Å². The molecule has 4 nitrogen and oxygen atoms in total. The predicted octanol–water partition coefficient (Wildman–Crippen LogP) is 3.14. The smallest absolute Gasteiger partial charge is 0.222 e. The van der Waals surface area contributed by atoms with E-state index >= 15 is 0 Å². The van der Waals surface area contributed by atoms with Gasteiger partial charge in [-0.3, -0.25) is 9.59 Å². The number of carbonyl (C=O) groups excluding carboxylic acids is 2. The number of rotatable bonds is 6. The Morgan fingerprint density at radius 3 is 2.59 bits per heavy atom. The molecule has 1 aromatic carbocycles. The van der Waals surface area contributed by atoms with E-state index in [0.29, 0.717) is 30.6 Å². The largest absolute Gasteiger partial charge is 0.352 e. The van der Waals surface area contributed by atoms with Gasteiger partial charge in [-0.2, -0.15) is 0 Å². The van der Waals surface area contributed by atoms with Crippen LogP contribution < -0.4 is 5.32 Å². The van der Waals surface area contributed by atoms with Crippen molar-refractivity contribution in [3.05, 3.63) is 34.9 Å². The van der Waals surface area contributed by atoms with Crippen LogP contribution in [-0.4, -0.2) is 29.3 Å². The minimum Gasteiger partial charge on any atom is -0.352 e. The van der Waals surface area contributed by atoms with Crippen LogP contribution in [0.5, 0.6) is 0 Å². The van der Waals surface area contributed by atoms with Crippen LogP contribution in [0.1, 0.15) is 44.6 Å². The molecule has 0 radical (unpaired) electrons. The molecular formula is C17H23ClN2O2. The Morgan fingerprint density at radius 1 is 1.27 bits per heavy atom. The molecule has 0 spiro atoms. The monoisotopic (exact) mass is 322 g/mol. The topological polar surface area (TPSA) is 49.4 Å². The number of hydrogen-bond donors (Lipinski definition) is 1.